The lowest BCUT2D eigenvalue weighted by Crippen LogP contribution is -2.26. The molecule has 140 valence electrons. The van der Waals surface area contributed by atoms with Crippen LogP contribution in [0.5, 0.6) is 0 Å². The summed E-state index contributed by atoms with van der Waals surface area (Å²) in [6, 6.07) is 9.78. The smallest absolute Gasteiger partial charge is 0.320 e. The van der Waals surface area contributed by atoms with Crippen LogP contribution in [0, 0.1) is 5.82 Å². The summed E-state index contributed by atoms with van der Waals surface area (Å²) in [5, 5.41) is 0.883. The summed E-state index contributed by atoms with van der Waals surface area (Å²) in [7, 11) is 2.03. The molecular formula is C21H18F4N2. The number of halogens is 4. The maximum Gasteiger partial charge on any atom is 0.416 e. The summed E-state index contributed by atoms with van der Waals surface area (Å²) >= 11 is 0. The highest BCUT2D eigenvalue weighted by Crippen LogP contribution is 2.32. The van der Waals surface area contributed by atoms with Gasteiger partial charge in [-0.15, -0.1) is 0 Å². The third kappa shape index (κ3) is 3.37. The fraction of sp³-hybridized carbons (Fsp3) is 0.238. The molecule has 2 nitrogen and oxygen atoms in total. The molecule has 0 unspecified atom stereocenters. The van der Waals surface area contributed by atoms with Gasteiger partial charge in [-0.1, -0.05) is 12.1 Å². The lowest BCUT2D eigenvalue weighted by atomic mass is 10.1. The van der Waals surface area contributed by atoms with E-state index in [-0.39, 0.29) is 5.82 Å². The molecule has 1 aliphatic rings. The van der Waals surface area contributed by atoms with Gasteiger partial charge in [-0.05, 0) is 54.6 Å². The second-order valence-electron chi connectivity index (χ2n) is 6.88. The topological polar surface area (TPSA) is 8.17 Å². The first-order chi connectivity index (χ1) is 12.8. The minimum absolute atomic E-state index is 0.276. The van der Waals surface area contributed by atoms with Crippen molar-refractivity contribution in [1.82, 2.24) is 9.47 Å². The molecule has 0 saturated heterocycles. The number of alkyl halides is 3. The van der Waals surface area contributed by atoms with Gasteiger partial charge in [-0.25, -0.2) is 4.39 Å². The molecule has 0 amide bonds. The summed E-state index contributed by atoms with van der Waals surface area (Å²) < 4.78 is 53.9. The molecule has 0 bridgehead atoms. The average Bonchev–Trinajstić information content (AvgIpc) is 2.92. The van der Waals surface area contributed by atoms with Gasteiger partial charge in [0.2, 0.25) is 0 Å². The van der Waals surface area contributed by atoms with Crippen molar-refractivity contribution in [2.45, 2.75) is 19.1 Å². The van der Waals surface area contributed by atoms with Crippen LogP contribution in [0.15, 0.2) is 42.5 Å². The minimum Gasteiger partial charge on any atom is -0.320 e. The third-order valence-corrected chi connectivity index (χ3v) is 4.99. The quantitative estimate of drug-likeness (QED) is 0.544. The molecule has 4 rings (SSSR count). The zero-order valence-corrected chi connectivity index (χ0v) is 14.7. The molecule has 0 N–H and O–H groups in total. The van der Waals surface area contributed by atoms with Crippen LogP contribution in [-0.4, -0.2) is 23.1 Å². The predicted octanol–water partition coefficient (Wildman–Crippen LogP) is 5.42. The first-order valence-electron chi connectivity index (χ1n) is 8.68. The van der Waals surface area contributed by atoms with E-state index >= 15 is 0 Å². The van der Waals surface area contributed by atoms with Crippen LogP contribution in [0.25, 0.3) is 23.2 Å². The molecule has 0 spiro atoms. The summed E-state index contributed by atoms with van der Waals surface area (Å²) in [5.74, 6) is -0.276. The van der Waals surface area contributed by atoms with Crippen molar-refractivity contribution < 1.29 is 17.6 Å². The Bertz CT molecular complexity index is 1010. The zero-order valence-electron chi connectivity index (χ0n) is 14.7. The van der Waals surface area contributed by atoms with Gasteiger partial charge in [0, 0.05) is 36.8 Å². The maximum absolute atomic E-state index is 13.8. The summed E-state index contributed by atoms with van der Waals surface area (Å²) in [5.41, 5.74) is 3.14. The van der Waals surface area contributed by atoms with E-state index in [1.165, 1.54) is 18.2 Å². The van der Waals surface area contributed by atoms with Crippen LogP contribution in [0.2, 0.25) is 0 Å². The zero-order chi connectivity index (χ0) is 19.2. The number of hydrogen-bond acceptors (Lipinski definition) is 1. The summed E-state index contributed by atoms with van der Waals surface area (Å²) in [6.45, 7) is 1.65. The fourth-order valence-electron chi connectivity index (χ4n) is 3.61. The van der Waals surface area contributed by atoms with E-state index in [0.717, 1.165) is 53.8 Å². The summed E-state index contributed by atoms with van der Waals surface area (Å²) in [4.78, 5) is 2.19. The Hall–Kier alpha value is -2.60. The monoisotopic (exact) mass is 374 g/mol. The van der Waals surface area contributed by atoms with Gasteiger partial charge >= 0.3 is 6.18 Å². The highest BCUT2D eigenvalue weighted by molar-refractivity contribution is 5.88. The van der Waals surface area contributed by atoms with Gasteiger partial charge in [0.05, 0.1) is 11.1 Å². The predicted molar refractivity (Wildman–Crippen MR) is 98.6 cm³/mol. The van der Waals surface area contributed by atoms with Gasteiger partial charge < -0.3 is 9.47 Å². The van der Waals surface area contributed by atoms with Crippen LogP contribution in [0.3, 0.4) is 0 Å². The molecule has 0 atom stereocenters. The lowest BCUT2D eigenvalue weighted by molar-refractivity contribution is -0.137. The molecule has 1 aliphatic heterocycles. The van der Waals surface area contributed by atoms with E-state index in [0.29, 0.717) is 5.56 Å². The van der Waals surface area contributed by atoms with Crippen molar-refractivity contribution in [1.29, 1.82) is 0 Å². The van der Waals surface area contributed by atoms with Crippen molar-refractivity contribution in [2.75, 3.05) is 13.6 Å². The Labute approximate surface area is 154 Å². The lowest BCUT2D eigenvalue weighted by Gasteiger charge is -2.23. The molecule has 0 fully saturated rings. The van der Waals surface area contributed by atoms with Crippen molar-refractivity contribution >= 4 is 23.2 Å². The SMILES string of the molecule is CN1CCc2c(c3cc(F)ccc3n2/C=C/c2ccc(C(F)(F)F)cc2)C1. The maximum atomic E-state index is 13.8. The molecule has 6 heteroatoms. The van der Waals surface area contributed by atoms with E-state index < -0.39 is 11.7 Å². The number of benzene rings is 2. The number of likely N-dealkylation sites (N-methyl/N-ethyl adjacent to an activating group) is 1. The third-order valence-electron chi connectivity index (χ3n) is 4.99. The first kappa shape index (κ1) is 17.8. The molecular weight excluding hydrogens is 356 g/mol. The Morgan fingerprint density at radius 3 is 2.48 bits per heavy atom. The molecule has 3 aromatic rings. The Balaban J connectivity index is 1.75. The van der Waals surface area contributed by atoms with Gasteiger partial charge in [0.25, 0.3) is 0 Å². The van der Waals surface area contributed by atoms with Crippen molar-refractivity contribution in [3.8, 4) is 0 Å². The minimum atomic E-state index is -4.34. The Morgan fingerprint density at radius 2 is 1.78 bits per heavy atom. The number of rotatable bonds is 2. The van der Waals surface area contributed by atoms with Gasteiger partial charge in [-0.3, -0.25) is 0 Å². The second kappa shape index (κ2) is 6.53. The van der Waals surface area contributed by atoms with Crippen molar-refractivity contribution in [2.24, 2.45) is 0 Å². The van der Waals surface area contributed by atoms with Crippen LogP contribution in [-0.2, 0) is 19.1 Å². The molecule has 0 aliphatic carbocycles. The Morgan fingerprint density at radius 1 is 1.04 bits per heavy atom. The standard InChI is InChI=1S/C21H18F4N2/c1-26-10-9-20-18(13-26)17-12-16(22)6-7-19(17)27(20)11-8-14-2-4-15(5-3-14)21(23,24)25/h2-8,11-12H,9-10,13H2,1H3/b11-8+. The fourth-order valence-corrected chi connectivity index (χ4v) is 3.61. The van der Waals surface area contributed by atoms with Gasteiger partial charge in [0.1, 0.15) is 5.82 Å². The molecule has 27 heavy (non-hydrogen) atoms. The molecule has 0 radical (unpaired) electrons. The van der Waals surface area contributed by atoms with Crippen LogP contribution < -0.4 is 0 Å². The average molecular weight is 374 g/mol. The van der Waals surface area contributed by atoms with Crippen LogP contribution in [0.4, 0.5) is 17.6 Å². The number of nitrogens with zero attached hydrogens (tertiary/aromatic N) is 2. The number of fused-ring (bicyclic) bond motifs is 3. The number of aromatic nitrogens is 1. The van der Waals surface area contributed by atoms with Crippen molar-refractivity contribution in [3.05, 3.63) is 70.7 Å². The molecule has 1 aromatic heterocycles. The summed E-state index contributed by atoms with van der Waals surface area (Å²) in [6.07, 6.45) is 0.127. The van der Waals surface area contributed by atoms with E-state index in [4.69, 9.17) is 0 Å². The van der Waals surface area contributed by atoms with Crippen molar-refractivity contribution in [3.63, 3.8) is 0 Å². The van der Waals surface area contributed by atoms with Gasteiger partial charge in [-0.2, -0.15) is 13.2 Å². The molecule has 0 saturated carbocycles. The Kier molecular flexibility index (Phi) is 4.30. The van der Waals surface area contributed by atoms with E-state index in [1.54, 1.807) is 18.2 Å². The molecule has 2 heterocycles. The highest BCUT2D eigenvalue weighted by atomic mass is 19.4. The number of hydrogen-bond donors (Lipinski definition) is 0. The van der Waals surface area contributed by atoms with Gasteiger partial charge in [0.15, 0.2) is 0 Å². The molecule has 2 aromatic carbocycles. The van der Waals surface area contributed by atoms with E-state index in [2.05, 4.69) is 4.90 Å². The second-order valence-corrected chi connectivity index (χ2v) is 6.88. The highest BCUT2D eigenvalue weighted by Gasteiger charge is 2.29. The van der Waals surface area contributed by atoms with Crippen LogP contribution in [0.1, 0.15) is 22.4 Å². The normalized spacial score (nSPS) is 15.6. The largest absolute Gasteiger partial charge is 0.416 e. The van der Waals surface area contributed by atoms with E-state index in [9.17, 15) is 17.6 Å². The van der Waals surface area contributed by atoms with Crippen LogP contribution >= 0.6 is 0 Å². The van der Waals surface area contributed by atoms with E-state index in [1.807, 2.05) is 17.8 Å². The first-order valence-corrected chi connectivity index (χ1v) is 8.68.